The van der Waals surface area contributed by atoms with Crippen LogP contribution in [0.5, 0.6) is 0 Å². The molecule has 0 radical (unpaired) electrons. The van der Waals surface area contributed by atoms with Gasteiger partial charge in [0.25, 0.3) is 0 Å². The highest BCUT2D eigenvalue weighted by molar-refractivity contribution is 5.68. The van der Waals surface area contributed by atoms with E-state index in [-0.39, 0.29) is 24.6 Å². The lowest BCUT2D eigenvalue weighted by Crippen LogP contribution is -2.46. The molecule has 1 saturated heterocycles. The zero-order valence-corrected chi connectivity index (χ0v) is 12.5. The molecule has 21 heavy (non-hydrogen) atoms. The van der Waals surface area contributed by atoms with E-state index in [0.717, 1.165) is 32.4 Å². The Bertz CT molecular complexity index is 461. The Labute approximate surface area is 125 Å². The number of ether oxygens (including phenoxy) is 1. The minimum atomic E-state index is -0.341. The summed E-state index contributed by atoms with van der Waals surface area (Å²) in [6.07, 6.45) is 2.43. The van der Waals surface area contributed by atoms with Crippen molar-refractivity contribution in [3.8, 4) is 0 Å². The SMILES string of the molecule is CCCN(C(=O)OCc1ccccc1F)C1CCNCC1. The van der Waals surface area contributed by atoms with Gasteiger partial charge in [-0.05, 0) is 38.4 Å². The second-order valence-electron chi connectivity index (χ2n) is 5.32. The van der Waals surface area contributed by atoms with Crippen LogP contribution in [0.25, 0.3) is 0 Å². The third kappa shape index (κ3) is 4.43. The van der Waals surface area contributed by atoms with Crippen molar-refractivity contribution in [1.82, 2.24) is 10.2 Å². The average Bonchev–Trinajstić information content (AvgIpc) is 2.52. The van der Waals surface area contributed by atoms with Crippen LogP contribution in [0.3, 0.4) is 0 Å². The second kappa shape index (κ2) is 7.98. The van der Waals surface area contributed by atoms with E-state index in [1.807, 2.05) is 6.92 Å². The maximum absolute atomic E-state index is 13.5. The fourth-order valence-electron chi connectivity index (χ4n) is 2.62. The standard InChI is InChI=1S/C16H23FN2O2/c1-2-11-19(14-7-9-18-10-8-14)16(20)21-12-13-5-3-4-6-15(13)17/h3-6,14,18H,2,7-12H2,1H3. The van der Waals surface area contributed by atoms with E-state index in [0.29, 0.717) is 12.1 Å². The molecule has 1 N–H and O–H groups in total. The smallest absolute Gasteiger partial charge is 0.410 e. The van der Waals surface area contributed by atoms with Crippen LogP contribution in [-0.2, 0) is 11.3 Å². The number of hydrogen-bond donors (Lipinski definition) is 1. The Hall–Kier alpha value is -1.62. The highest BCUT2D eigenvalue weighted by atomic mass is 19.1. The number of nitrogens with zero attached hydrogens (tertiary/aromatic N) is 1. The van der Waals surface area contributed by atoms with Crippen molar-refractivity contribution < 1.29 is 13.9 Å². The number of piperidine rings is 1. The summed E-state index contributed by atoms with van der Waals surface area (Å²) in [5.41, 5.74) is 0.410. The van der Waals surface area contributed by atoms with Crippen LogP contribution in [0.1, 0.15) is 31.7 Å². The highest BCUT2D eigenvalue weighted by Gasteiger charge is 2.25. The Kier molecular flexibility index (Phi) is 5.99. The number of halogens is 1. The van der Waals surface area contributed by atoms with Crippen molar-refractivity contribution in [1.29, 1.82) is 0 Å². The fraction of sp³-hybridized carbons (Fsp3) is 0.562. The van der Waals surface area contributed by atoms with Crippen LogP contribution in [0.2, 0.25) is 0 Å². The van der Waals surface area contributed by atoms with E-state index < -0.39 is 0 Å². The number of nitrogens with one attached hydrogen (secondary N) is 1. The summed E-state index contributed by atoms with van der Waals surface area (Å²) >= 11 is 0. The van der Waals surface area contributed by atoms with Crippen LogP contribution in [0.4, 0.5) is 9.18 Å². The molecule has 1 aromatic rings. The highest BCUT2D eigenvalue weighted by Crippen LogP contribution is 2.15. The number of carbonyl (C=O) groups is 1. The fourth-order valence-corrected chi connectivity index (χ4v) is 2.62. The van der Waals surface area contributed by atoms with Crippen molar-refractivity contribution >= 4 is 6.09 Å². The number of carbonyl (C=O) groups excluding carboxylic acids is 1. The van der Waals surface area contributed by atoms with Gasteiger partial charge in [0.1, 0.15) is 12.4 Å². The summed E-state index contributed by atoms with van der Waals surface area (Å²) in [7, 11) is 0. The number of amides is 1. The van der Waals surface area contributed by atoms with E-state index in [2.05, 4.69) is 5.32 Å². The first-order valence-electron chi connectivity index (χ1n) is 7.60. The third-order valence-electron chi connectivity index (χ3n) is 3.76. The molecular formula is C16H23FN2O2. The van der Waals surface area contributed by atoms with Gasteiger partial charge in [-0.15, -0.1) is 0 Å². The number of benzene rings is 1. The molecule has 0 aromatic heterocycles. The molecule has 0 unspecified atom stereocenters. The summed E-state index contributed by atoms with van der Waals surface area (Å²) in [5, 5.41) is 3.29. The maximum atomic E-state index is 13.5. The zero-order valence-electron chi connectivity index (χ0n) is 12.5. The van der Waals surface area contributed by atoms with E-state index >= 15 is 0 Å². The van der Waals surface area contributed by atoms with E-state index in [1.54, 1.807) is 23.1 Å². The van der Waals surface area contributed by atoms with Crippen LogP contribution in [0.15, 0.2) is 24.3 Å². The van der Waals surface area contributed by atoms with Gasteiger partial charge in [0.15, 0.2) is 0 Å². The zero-order chi connectivity index (χ0) is 15.1. The molecule has 0 bridgehead atoms. The molecule has 2 rings (SSSR count). The molecule has 1 aliphatic rings. The quantitative estimate of drug-likeness (QED) is 0.908. The van der Waals surface area contributed by atoms with Crippen LogP contribution in [-0.4, -0.2) is 36.7 Å². The van der Waals surface area contributed by atoms with E-state index in [9.17, 15) is 9.18 Å². The van der Waals surface area contributed by atoms with Gasteiger partial charge in [-0.2, -0.15) is 0 Å². The molecule has 0 atom stereocenters. The average molecular weight is 294 g/mol. The maximum Gasteiger partial charge on any atom is 0.410 e. The second-order valence-corrected chi connectivity index (χ2v) is 5.32. The monoisotopic (exact) mass is 294 g/mol. The van der Waals surface area contributed by atoms with Crippen molar-refractivity contribution in [2.24, 2.45) is 0 Å². The van der Waals surface area contributed by atoms with Crippen molar-refractivity contribution in [3.05, 3.63) is 35.6 Å². The molecule has 0 spiro atoms. The van der Waals surface area contributed by atoms with Crippen LogP contribution >= 0.6 is 0 Å². The molecule has 1 heterocycles. The molecule has 1 fully saturated rings. The molecule has 0 saturated carbocycles. The third-order valence-corrected chi connectivity index (χ3v) is 3.76. The van der Waals surface area contributed by atoms with E-state index in [1.165, 1.54) is 6.07 Å². The summed E-state index contributed by atoms with van der Waals surface area (Å²) in [6.45, 7) is 4.55. The summed E-state index contributed by atoms with van der Waals surface area (Å²) in [4.78, 5) is 14.1. The number of hydrogen-bond acceptors (Lipinski definition) is 3. The van der Waals surface area contributed by atoms with Crippen LogP contribution in [0, 0.1) is 5.82 Å². The molecule has 1 amide bonds. The first kappa shape index (κ1) is 15.8. The molecule has 5 heteroatoms. The minimum absolute atomic E-state index is 0.0172. The molecule has 1 aromatic carbocycles. The molecule has 0 aliphatic carbocycles. The van der Waals surface area contributed by atoms with Gasteiger partial charge in [-0.25, -0.2) is 9.18 Å². The lowest BCUT2D eigenvalue weighted by Gasteiger charge is -2.33. The molecular weight excluding hydrogens is 271 g/mol. The lowest BCUT2D eigenvalue weighted by molar-refractivity contribution is 0.0727. The van der Waals surface area contributed by atoms with E-state index in [4.69, 9.17) is 4.74 Å². The predicted octanol–water partition coefficient (Wildman–Crippen LogP) is 2.93. The van der Waals surface area contributed by atoms with Gasteiger partial charge >= 0.3 is 6.09 Å². The lowest BCUT2D eigenvalue weighted by atomic mass is 10.1. The Balaban J connectivity index is 1.93. The van der Waals surface area contributed by atoms with Gasteiger partial charge in [0, 0.05) is 18.2 Å². The summed E-state index contributed by atoms with van der Waals surface area (Å²) < 4.78 is 18.8. The predicted molar refractivity (Wildman–Crippen MR) is 79.5 cm³/mol. The Morgan fingerprint density at radius 2 is 2.10 bits per heavy atom. The van der Waals surface area contributed by atoms with Crippen molar-refractivity contribution in [3.63, 3.8) is 0 Å². The van der Waals surface area contributed by atoms with Crippen molar-refractivity contribution in [2.75, 3.05) is 19.6 Å². The molecule has 4 nitrogen and oxygen atoms in total. The van der Waals surface area contributed by atoms with Gasteiger partial charge < -0.3 is 15.0 Å². The topological polar surface area (TPSA) is 41.6 Å². The first-order valence-corrected chi connectivity index (χ1v) is 7.60. The largest absolute Gasteiger partial charge is 0.444 e. The Morgan fingerprint density at radius 3 is 2.76 bits per heavy atom. The normalized spacial score (nSPS) is 15.7. The Morgan fingerprint density at radius 1 is 1.38 bits per heavy atom. The summed E-state index contributed by atoms with van der Waals surface area (Å²) in [5.74, 6) is -0.339. The number of rotatable bonds is 5. The van der Waals surface area contributed by atoms with Gasteiger partial charge in [0.05, 0.1) is 0 Å². The minimum Gasteiger partial charge on any atom is -0.444 e. The van der Waals surface area contributed by atoms with Crippen molar-refractivity contribution in [2.45, 2.75) is 38.8 Å². The van der Waals surface area contributed by atoms with Crippen LogP contribution < -0.4 is 5.32 Å². The molecule has 116 valence electrons. The first-order chi connectivity index (χ1) is 10.2. The summed E-state index contributed by atoms with van der Waals surface area (Å²) in [6, 6.07) is 6.60. The van der Waals surface area contributed by atoms with Gasteiger partial charge in [-0.3, -0.25) is 0 Å². The van der Waals surface area contributed by atoms with Gasteiger partial charge in [0.2, 0.25) is 0 Å². The van der Waals surface area contributed by atoms with Gasteiger partial charge in [-0.1, -0.05) is 25.1 Å². The molecule has 1 aliphatic heterocycles.